The Labute approximate surface area is 104 Å². The lowest BCUT2D eigenvalue weighted by molar-refractivity contribution is 0.734. The zero-order valence-electron chi connectivity index (χ0n) is 11.7. The monoisotopic (exact) mass is 237 g/mol. The third-order valence-corrected chi connectivity index (χ3v) is 2.78. The highest BCUT2D eigenvalue weighted by Gasteiger charge is 2.13. The van der Waals surface area contributed by atoms with Crippen molar-refractivity contribution < 1.29 is 0 Å². The van der Waals surface area contributed by atoms with Crippen LogP contribution < -0.4 is 9.80 Å². The van der Waals surface area contributed by atoms with Crippen LogP contribution in [0.15, 0.2) is 0 Å². The SMILES string of the molecule is CCN(C)c1nc(C(C)C)nc(N(C)CC)n1. The quantitative estimate of drug-likeness (QED) is 0.782. The summed E-state index contributed by atoms with van der Waals surface area (Å²) in [6.07, 6.45) is 0. The van der Waals surface area contributed by atoms with E-state index in [-0.39, 0.29) is 0 Å². The van der Waals surface area contributed by atoms with E-state index in [1.54, 1.807) is 0 Å². The molecule has 0 atom stereocenters. The van der Waals surface area contributed by atoms with Crippen LogP contribution in [0.4, 0.5) is 11.9 Å². The van der Waals surface area contributed by atoms with Crippen molar-refractivity contribution >= 4 is 11.9 Å². The summed E-state index contributed by atoms with van der Waals surface area (Å²) in [4.78, 5) is 17.5. The highest BCUT2D eigenvalue weighted by molar-refractivity contribution is 5.38. The van der Waals surface area contributed by atoms with Gasteiger partial charge >= 0.3 is 0 Å². The van der Waals surface area contributed by atoms with E-state index in [1.807, 2.05) is 23.9 Å². The molecule has 5 nitrogen and oxygen atoms in total. The van der Waals surface area contributed by atoms with Gasteiger partial charge in [-0.15, -0.1) is 0 Å². The van der Waals surface area contributed by atoms with Gasteiger partial charge in [0.15, 0.2) is 0 Å². The van der Waals surface area contributed by atoms with E-state index < -0.39 is 0 Å². The van der Waals surface area contributed by atoms with Crippen LogP contribution in [0.2, 0.25) is 0 Å². The van der Waals surface area contributed by atoms with Crippen molar-refractivity contribution in [2.45, 2.75) is 33.6 Å². The Hall–Kier alpha value is -1.39. The van der Waals surface area contributed by atoms with Crippen LogP contribution in [-0.4, -0.2) is 42.1 Å². The van der Waals surface area contributed by atoms with E-state index in [9.17, 15) is 0 Å². The van der Waals surface area contributed by atoms with Crippen molar-refractivity contribution in [2.24, 2.45) is 0 Å². The van der Waals surface area contributed by atoms with Crippen molar-refractivity contribution in [1.29, 1.82) is 0 Å². The second-order valence-corrected chi connectivity index (χ2v) is 4.48. The van der Waals surface area contributed by atoms with E-state index in [1.165, 1.54) is 0 Å². The highest BCUT2D eigenvalue weighted by atomic mass is 15.3. The average molecular weight is 237 g/mol. The Bertz CT molecular complexity index is 336. The van der Waals surface area contributed by atoms with Gasteiger partial charge in [-0.2, -0.15) is 15.0 Å². The number of hydrogen-bond donors (Lipinski definition) is 0. The first kappa shape index (κ1) is 13.7. The third-order valence-electron chi connectivity index (χ3n) is 2.78. The summed E-state index contributed by atoms with van der Waals surface area (Å²) in [6, 6.07) is 0. The molecule has 1 aromatic heterocycles. The van der Waals surface area contributed by atoms with Crippen LogP contribution >= 0.6 is 0 Å². The summed E-state index contributed by atoms with van der Waals surface area (Å²) in [5, 5.41) is 0. The first-order chi connectivity index (χ1) is 7.99. The van der Waals surface area contributed by atoms with E-state index in [4.69, 9.17) is 0 Å². The zero-order valence-corrected chi connectivity index (χ0v) is 11.7. The molecule has 0 aromatic carbocycles. The molecule has 17 heavy (non-hydrogen) atoms. The van der Waals surface area contributed by atoms with Crippen LogP contribution in [-0.2, 0) is 0 Å². The summed E-state index contributed by atoms with van der Waals surface area (Å²) in [7, 11) is 3.99. The second-order valence-electron chi connectivity index (χ2n) is 4.48. The first-order valence-corrected chi connectivity index (χ1v) is 6.17. The topological polar surface area (TPSA) is 45.2 Å². The molecule has 0 N–H and O–H groups in total. The molecule has 1 rings (SSSR count). The van der Waals surface area contributed by atoms with Gasteiger partial charge in [-0.3, -0.25) is 0 Å². The molecule has 1 aromatic rings. The van der Waals surface area contributed by atoms with Crippen LogP contribution in [0.3, 0.4) is 0 Å². The van der Waals surface area contributed by atoms with Crippen LogP contribution in [0.1, 0.15) is 39.4 Å². The Morgan fingerprint density at radius 2 is 1.29 bits per heavy atom. The molecule has 0 radical (unpaired) electrons. The lowest BCUT2D eigenvalue weighted by atomic mass is 10.2. The van der Waals surface area contributed by atoms with E-state index >= 15 is 0 Å². The highest BCUT2D eigenvalue weighted by Crippen LogP contribution is 2.17. The lowest BCUT2D eigenvalue weighted by Gasteiger charge is -2.20. The molecule has 0 fully saturated rings. The smallest absolute Gasteiger partial charge is 0.230 e. The maximum Gasteiger partial charge on any atom is 0.230 e. The zero-order chi connectivity index (χ0) is 13.0. The lowest BCUT2D eigenvalue weighted by Crippen LogP contribution is -2.25. The molecule has 0 saturated carbocycles. The molecule has 1 heterocycles. The number of nitrogens with zero attached hydrogens (tertiary/aromatic N) is 5. The van der Waals surface area contributed by atoms with Gasteiger partial charge in [-0.05, 0) is 13.8 Å². The van der Waals surface area contributed by atoms with Gasteiger partial charge in [0.1, 0.15) is 5.82 Å². The molecule has 0 spiro atoms. The van der Waals surface area contributed by atoms with Gasteiger partial charge < -0.3 is 9.80 Å². The summed E-state index contributed by atoms with van der Waals surface area (Å²) in [6.45, 7) is 10.1. The van der Waals surface area contributed by atoms with E-state index in [0.717, 1.165) is 30.8 Å². The van der Waals surface area contributed by atoms with Gasteiger partial charge in [-0.1, -0.05) is 13.8 Å². The molecule has 0 amide bonds. The van der Waals surface area contributed by atoms with Crippen molar-refractivity contribution in [3.63, 3.8) is 0 Å². The van der Waals surface area contributed by atoms with Crippen LogP contribution in [0, 0.1) is 0 Å². The molecule has 0 aliphatic rings. The molecule has 96 valence electrons. The van der Waals surface area contributed by atoms with E-state index in [2.05, 4.69) is 42.6 Å². The number of anilines is 2. The largest absolute Gasteiger partial charge is 0.344 e. The molecular weight excluding hydrogens is 214 g/mol. The van der Waals surface area contributed by atoms with Gasteiger partial charge in [0, 0.05) is 33.1 Å². The van der Waals surface area contributed by atoms with Gasteiger partial charge in [-0.25, -0.2) is 0 Å². The van der Waals surface area contributed by atoms with Crippen molar-refractivity contribution in [2.75, 3.05) is 37.0 Å². The maximum atomic E-state index is 4.50. The Morgan fingerprint density at radius 1 is 0.882 bits per heavy atom. The summed E-state index contributed by atoms with van der Waals surface area (Å²) in [5.41, 5.74) is 0. The minimum atomic E-state index is 0.311. The summed E-state index contributed by atoms with van der Waals surface area (Å²) < 4.78 is 0. The third kappa shape index (κ3) is 3.28. The normalized spacial score (nSPS) is 10.8. The number of hydrogen-bond acceptors (Lipinski definition) is 5. The van der Waals surface area contributed by atoms with Crippen LogP contribution in [0.25, 0.3) is 0 Å². The molecule has 0 saturated heterocycles. The molecular formula is C12H23N5. The fourth-order valence-corrected chi connectivity index (χ4v) is 1.25. The average Bonchev–Trinajstić information content (AvgIpc) is 2.36. The molecule has 5 heteroatoms. The Kier molecular flexibility index (Phi) is 4.66. The molecule has 0 aliphatic carbocycles. The van der Waals surface area contributed by atoms with Crippen molar-refractivity contribution in [3.8, 4) is 0 Å². The predicted molar refractivity (Wildman–Crippen MR) is 71.8 cm³/mol. The van der Waals surface area contributed by atoms with Gasteiger partial charge in [0.2, 0.25) is 11.9 Å². The fraction of sp³-hybridized carbons (Fsp3) is 0.750. The second kappa shape index (κ2) is 5.80. The van der Waals surface area contributed by atoms with Gasteiger partial charge in [0.25, 0.3) is 0 Å². The van der Waals surface area contributed by atoms with Crippen molar-refractivity contribution in [3.05, 3.63) is 5.82 Å². The van der Waals surface area contributed by atoms with Crippen molar-refractivity contribution in [1.82, 2.24) is 15.0 Å². The summed E-state index contributed by atoms with van der Waals surface area (Å²) >= 11 is 0. The standard InChI is InChI=1S/C12H23N5/c1-7-16(5)11-13-10(9(3)4)14-12(15-11)17(6)8-2/h9H,7-8H2,1-6H3. The number of rotatable bonds is 5. The Balaban J connectivity index is 3.18. The minimum absolute atomic E-state index is 0.311. The first-order valence-electron chi connectivity index (χ1n) is 6.17. The molecule has 0 unspecified atom stereocenters. The summed E-state index contributed by atoms with van der Waals surface area (Å²) in [5.74, 6) is 2.67. The molecule has 0 aliphatic heterocycles. The fourth-order valence-electron chi connectivity index (χ4n) is 1.25. The predicted octanol–water partition coefficient (Wildman–Crippen LogP) is 1.91. The Morgan fingerprint density at radius 3 is 1.59 bits per heavy atom. The minimum Gasteiger partial charge on any atom is -0.344 e. The molecule has 0 bridgehead atoms. The number of aromatic nitrogens is 3. The van der Waals surface area contributed by atoms with Crippen LogP contribution in [0.5, 0.6) is 0 Å². The van der Waals surface area contributed by atoms with Gasteiger partial charge in [0.05, 0.1) is 0 Å². The van der Waals surface area contributed by atoms with E-state index in [0.29, 0.717) is 5.92 Å². The maximum absolute atomic E-state index is 4.50.